The Morgan fingerprint density at radius 3 is 2.88 bits per heavy atom. The molecule has 2 heterocycles. The van der Waals surface area contributed by atoms with Crippen LogP contribution in [0.4, 0.5) is 0 Å². The van der Waals surface area contributed by atoms with Gasteiger partial charge >= 0.3 is 0 Å². The summed E-state index contributed by atoms with van der Waals surface area (Å²) in [5, 5.41) is 0.594. The summed E-state index contributed by atoms with van der Waals surface area (Å²) in [6.07, 6.45) is 6.12. The first-order valence-corrected chi connectivity index (χ1v) is 5.90. The topological polar surface area (TPSA) is 30.7 Å². The van der Waals surface area contributed by atoms with Crippen LogP contribution in [0.25, 0.3) is 5.82 Å². The second kappa shape index (κ2) is 4.85. The molecule has 0 amide bonds. The molecule has 2 rings (SSSR count). The molecule has 2 aromatic rings. The van der Waals surface area contributed by atoms with E-state index >= 15 is 0 Å². The van der Waals surface area contributed by atoms with Crippen molar-refractivity contribution in [2.45, 2.75) is 19.2 Å². The monoisotopic (exact) mass is 255 g/mol. The third kappa shape index (κ3) is 2.06. The summed E-state index contributed by atoms with van der Waals surface area (Å²) < 4.78 is 1.94. The number of aryl methyl sites for hydroxylation is 1. The van der Waals surface area contributed by atoms with E-state index in [4.69, 9.17) is 23.2 Å². The summed E-state index contributed by atoms with van der Waals surface area (Å²) in [5.41, 5.74) is 0.879. The molecule has 84 valence electrons. The molecule has 16 heavy (non-hydrogen) atoms. The molecular weight excluding hydrogens is 245 g/mol. The largest absolute Gasteiger partial charge is 0.288 e. The molecule has 0 N–H and O–H groups in total. The van der Waals surface area contributed by atoms with E-state index in [1.165, 1.54) is 0 Å². The smallest absolute Gasteiger partial charge is 0.138 e. The van der Waals surface area contributed by atoms with Crippen molar-refractivity contribution in [3.63, 3.8) is 0 Å². The molecule has 0 radical (unpaired) electrons. The van der Waals surface area contributed by atoms with Crippen LogP contribution in [0.2, 0.25) is 5.02 Å². The highest BCUT2D eigenvalue weighted by Gasteiger charge is 2.07. The summed E-state index contributed by atoms with van der Waals surface area (Å²) >= 11 is 11.8. The second-order valence-electron chi connectivity index (χ2n) is 3.33. The zero-order chi connectivity index (χ0) is 11.5. The van der Waals surface area contributed by atoms with Crippen molar-refractivity contribution in [1.29, 1.82) is 0 Å². The number of rotatable bonds is 3. The van der Waals surface area contributed by atoms with Gasteiger partial charge in [-0.15, -0.1) is 11.6 Å². The molecule has 0 unspecified atom stereocenters. The summed E-state index contributed by atoms with van der Waals surface area (Å²) in [5.74, 6) is 2.15. The lowest BCUT2D eigenvalue weighted by atomic mass is 10.3. The highest BCUT2D eigenvalue weighted by atomic mass is 35.5. The van der Waals surface area contributed by atoms with Crippen LogP contribution >= 0.6 is 23.2 Å². The number of alkyl halides is 1. The van der Waals surface area contributed by atoms with E-state index in [9.17, 15) is 0 Å². The van der Waals surface area contributed by atoms with Crippen LogP contribution in [0.5, 0.6) is 0 Å². The van der Waals surface area contributed by atoms with Gasteiger partial charge in [0.2, 0.25) is 0 Å². The maximum absolute atomic E-state index is 5.96. The van der Waals surface area contributed by atoms with E-state index in [0.29, 0.717) is 10.9 Å². The number of hydrogen-bond acceptors (Lipinski definition) is 2. The van der Waals surface area contributed by atoms with Crippen LogP contribution in [-0.2, 0) is 12.3 Å². The summed E-state index contributed by atoms with van der Waals surface area (Å²) in [6, 6.07) is 1.89. The van der Waals surface area contributed by atoms with Gasteiger partial charge in [0.25, 0.3) is 0 Å². The standard InChI is InChI=1S/C11H11Cl2N3/c1-2-10-14-3-4-16(10)11-5-8(6-12)9(13)7-15-11/h3-5,7H,2,6H2,1H3. The zero-order valence-electron chi connectivity index (χ0n) is 8.82. The number of nitrogens with zero attached hydrogens (tertiary/aromatic N) is 3. The summed E-state index contributed by atoms with van der Waals surface area (Å²) in [4.78, 5) is 8.52. The Balaban J connectivity index is 2.48. The molecule has 0 saturated carbocycles. The minimum absolute atomic E-state index is 0.379. The van der Waals surface area contributed by atoms with Gasteiger partial charge in [-0.05, 0) is 11.6 Å². The van der Waals surface area contributed by atoms with Crippen LogP contribution in [0, 0.1) is 0 Å². The second-order valence-corrected chi connectivity index (χ2v) is 4.01. The van der Waals surface area contributed by atoms with E-state index in [1.54, 1.807) is 12.4 Å². The van der Waals surface area contributed by atoms with Gasteiger partial charge in [-0.25, -0.2) is 9.97 Å². The summed E-state index contributed by atoms with van der Waals surface area (Å²) in [6.45, 7) is 2.05. The van der Waals surface area contributed by atoms with E-state index < -0.39 is 0 Å². The maximum atomic E-state index is 5.96. The Kier molecular flexibility index (Phi) is 3.46. The van der Waals surface area contributed by atoms with Crippen LogP contribution in [-0.4, -0.2) is 14.5 Å². The lowest BCUT2D eigenvalue weighted by Gasteiger charge is -2.07. The Labute approximate surface area is 104 Å². The maximum Gasteiger partial charge on any atom is 0.138 e. The van der Waals surface area contributed by atoms with Crippen molar-refractivity contribution in [2.75, 3.05) is 0 Å². The Hall–Kier alpha value is -1.06. The third-order valence-electron chi connectivity index (χ3n) is 2.34. The van der Waals surface area contributed by atoms with Gasteiger partial charge in [-0.2, -0.15) is 0 Å². The third-order valence-corrected chi connectivity index (χ3v) is 2.97. The molecule has 0 aromatic carbocycles. The van der Waals surface area contributed by atoms with Crippen molar-refractivity contribution >= 4 is 23.2 Å². The number of imidazole rings is 1. The van der Waals surface area contributed by atoms with Gasteiger partial charge < -0.3 is 0 Å². The van der Waals surface area contributed by atoms with Crippen molar-refractivity contribution < 1.29 is 0 Å². The summed E-state index contributed by atoms with van der Waals surface area (Å²) in [7, 11) is 0. The fraction of sp³-hybridized carbons (Fsp3) is 0.273. The van der Waals surface area contributed by atoms with Crippen molar-refractivity contribution in [1.82, 2.24) is 14.5 Å². The lowest BCUT2D eigenvalue weighted by molar-refractivity contribution is 0.866. The highest BCUT2D eigenvalue weighted by Crippen LogP contribution is 2.20. The molecule has 0 aliphatic rings. The van der Waals surface area contributed by atoms with Crippen molar-refractivity contribution in [3.05, 3.63) is 41.1 Å². The average Bonchev–Trinajstić information content (AvgIpc) is 2.78. The van der Waals surface area contributed by atoms with E-state index in [-0.39, 0.29) is 0 Å². The lowest BCUT2D eigenvalue weighted by Crippen LogP contribution is -2.02. The van der Waals surface area contributed by atoms with Crippen molar-refractivity contribution in [2.24, 2.45) is 0 Å². The fourth-order valence-corrected chi connectivity index (χ4v) is 1.97. The van der Waals surface area contributed by atoms with E-state index in [1.807, 2.05) is 16.8 Å². The molecule has 0 spiro atoms. The van der Waals surface area contributed by atoms with Gasteiger partial charge in [-0.1, -0.05) is 18.5 Å². The zero-order valence-corrected chi connectivity index (χ0v) is 10.3. The molecule has 0 saturated heterocycles. The van der Waals surface area contributed by atoms with E-state index in [2.05, 4.69) is 16.9 Å². The number of aromatic nitrogens is 3. The molecule has 0 fully saturated rings. The van der Waals surface area contributed by atoms with Gasteiger partial charge in [0.1, 0.15) is 11.6 Å². The minimum atomic E-state index is 0.379. The normalized spacial score (nSPS) is 10.7. The van der Waals surface area contributed by atoms with Crippen LogP contribution in [0.1, 0.15) is 18.3 Å². The quantitative estimate of drug-likeness (QED) is 0.789. The highest BCUT2D eigenvalue weighted by molar-refractivity contribution is 6.32. The van der Waals surface area contributed by atoms with E-state index in [0.717, 1.165) is 23.6 Å². The molecular formula is C11H11Cl2N3. The minimum Gasteiger partial charge on any atom is -0.288 e. The Morgan fingerprint density at radius 1 is 1.38 bits per heavy atom. The first-order chi connectivity index (χ1) is 7.76. The van der Waals surface area contributed by atoms with Crippen LogP contribution in [0.15, 0.2) is 24.7 Å². The first kappa shape index (κ1) is 11.4. The Morgan fingerprint density at radius 2 is 2.19 bits per heavy atom. The average molecular weight is 256 g/mol. The SMILES string of the molecule is CCc1nccn1-c1cc(CCl)c(Cl)cn1. The molecule has 0 bridgehead atoms. The van der Waals surface area contributed by atoms with Gasteiger partial charge in [0, 0.05) is 30.9 Å². The van der Waals surface area contributed by atoms with Gasteiger partial charge in [0.05, 0.1) is 5.02 Å². The fourth-order valence-electron chi connectivity index (χ4n) is 1.51. The van der Waals surface area contributed by atoms with Gasteiger partial charge in [0.15, 0.2) is 0 Å². The van der Waals surface area contributed by atoms with Crippen LogP contribution < -0.4 is 0 Å². The van der Waals surface area contributed by atoms with Crippen LogP contribution in [0.3, 0.4) is 0 Å². The first-order valence-electron chi connectivity index (χ1n) is 4.99. The molecule has 5 heteroatoms. The van der Waals surface area contributed by atoms with Crippen molar-refractivity contribution in [3.8, 4) is 5.82 Å². The predicted octanol–water partition coefficient (Wildman–Crippen LogP) is 3.22. The molecule has 2 aromatic heterocycles. The molecule has 0 aliphatic heterocycles. The number of halogens is 2. The predicted molar refractivity (Wildman–Crippen MR) is 65.3 cm³/mol. The number of hydrogen-bond donors (Lipinski definition) is 0. The van der Waals surface area contributed by atoms with Gasteiger partial charge in [-0.3, -0.25) is 4.57 Å². The Bertz CT molecular complexity index is 494. The molecule has 0 atom stereocenters. The molecule has 3 nitrogen and oxygen atoms in total. The molecule has 0 aliphatic carbocycles. The number of pyridine rings is 1.